The molecule has 0 aliphatic carbocycles. The van der Waals surface area contributed by atoms with Gasteiger partial charge < -0.3 is 15.3 Å². The number of aromatic nitrogens is 2. The Morgan fingerprint density at radius 2 is 1.74 bits per heavy atom. The number of hydrogen-bond donors (Lipinski definition) is 2. The van der Waals surface area contributed by atoms with Crippen LogP contribution in [0.3, 0.4) is 0 Å². The summed E-state index contributed by atoms with van der Waals surface area (Å²) >= 11 is 3.41. The van der Waals surface area contributed by atoms with Crippen LogP contribution in [-0.4, -0.2) is 15.1 Å². The van der Waals surface area contributed by atoms with Gasteiger partial charge >= 0.3 is 5.63 Å². The first-order valence-corrected chi connectivity index (χ1v) is 8.89. The van der Waals surface area contributed by atoms with E-state index in [0.717, 1.165) is 10.0 Å². The third-order valence-corrected chi connectivity index (χ3v) is 4.77. The molecule has 3 N–H and O–H groups in total. The highest BCUT2D eigenvalue weighted by Gasteiger charge is 2.15. The van der Waals surface area contributed by atoms with Gasteiger partial charge in [-0.2, -0.15) is 0 Å². The third-order valence-electron chi connectivity index (χ3n) is 4.24. The number of nitrogens with two attached hydrogens (primary N) is 1. The summed E-state index contributed by atoms with van der Waals surface area (Å²) < 4.78 is 6.12. The molecule has 0 amide bonds. The molecular formula is C20H14BrN3O3. The lowest BCUT2D eigenvalue weighted by Crippen LogP contribution is -2.00. The lowest BCUT2D eigenvalue weighted by molar-refractivity contribution is 0.480. The Labute approximate surface area is 162 Å². The molecule has 7 heteroatoms. The van der Waals surface area contributed by atoms with E-state index in [2.05, 4.69) is 25.9 Å². The Bertz CT molecular complexity index is 1230. The average Bonchev–Trinajstić information content (AvgIpc) is 2.61. The Morgan fingerprint density at radius 1 is 1.04 bits per heavy atom. The lowest BCUT2D eigenvalue weighted by Gasteiger charge is -2.10. The third kappa shape index (κ3) is 3.17. The van der Waals surface area contributed by atoms with Crippen molar-refractivity contribution in [2.24, 2.45) is 0 Å². The number of hydrogen-bond acceptors (Lipinski definition) is 6. The van der Waals surface area contributed by atoms with E-state index in [9.17, 15) is 9.90 Å². The standard InChI is InChI=1S/C20H14BrN3O3/c1-10-8-17(25)27-16-7-6-13(19(26)18(10)16)15-9-14(23-20(22)24-15)11-2-4-12(21)5-3-11/h2-9,26H,1H3,(H2,22,23,24). The predicted octanol–water partition coefficient (Wildman–Crippen LogP) is 4.28. The van der Waals surface area contributed by atoms with Gasteiger partial charge in [-0.15, -0.1) is 0 Å². The Hall–Kier alpha value is -3.19. The number of nitrogen functional groups attached to an aromatic ring is 1. The van der Waals surface area contributed by atoms with Crippen LogP contribution in [0, 0.1) is 6.92 Å². The highest BCUT2D eigenvalue weighted by Crippen LogP contribution is 2.37. The van der Waals surface area contributed by atoms with Gasteiger partial charge in [0.05, 0.1) is 16.8 Å². The summed E-state index contributed by atoms with van der Waals surface area (Å²) in [5.74, 6) is 0.0786. The zero-order valence-corrected chi connectivity index (χ0v) is 15.8. The van der Waals surface area contributed by atoms with Gasteiger partial charge in [0.2, 0.25) is 5.95 Å². The summed E-state index contributed by atoms with van der Waals surface area (Å²) in [4.78, 5) is 20.1. The molecule has 2 aromatic carbocycles. The van der Waals surface area contributed by atoms with Crippen molar-refractivity contribution >= 4 is 32.8 Å². The number of phenolic OH excluding ortho intramolecular Hbond substituents is 1. The topological polar surface area (TPSA) is 102 Å². The Kier molecular flexibility index (Phi) is 4.16. The minimum absolute atomic E-state index is 0.0198. The molecule has 0 bridgehead atoms. The highest BCUT2D eigenvalue weighted by atomic mass is 79.9. The smallest absolute Gasteiger partial charge is 0.336 e. The minimum atomic E-state index is -0.462. The molecule has 4 aromatic rings. The number of halogens is 1. The molecule has 0 spiro atoms. The van der Waals surface area contributed by atoms with Crippen molar-refractivity contribution in [1.82, 2.24) is 9.97 Å². The van der Waals surface area contributed by atoms with Gasteiger partial charge in [-0.1, -0.05) is 28.1 Å². The van der Waals surface area contributed by atoms with E-state index in [1.807, 2.05) is 24.3 Å². The van der Waals surface area contributed by atoms with E-state index in [0.29, 0.717) is 33.5 Å². The first-order chi connectivity index (χ1) is 12.9. The average molecular weight is 424 g/mol. The zero-order valence-electron chi connectivity index (χ0n) is 14.2. The summed E-state index contributed by atoms with van der Waals surface area (Å²) in [5.41, 5.74) is 8.85. The Balaban J connectivity index is 1.92. The number of anilines is 1. The van der Waals surface area contributed by atoms with Crippen LogP contribution in [0.15, 0.2) is 62.2 Å². The second-order valence-electron chi connectivity index (χ2n) is 6.09. The molecule has 0 radical (unpaired) electrons. The lowest BCUT2D eigenvalue weighted by atomic mass is 10.0. The normalized spacial score (nSPS) is 11.0. The van der Waals surface area contributed by atoms with Crippen molar-refractivity contribution in [2.45, 2.75) is 6.92 Å². The Morgan fingerprint density at radius 3 is 2.48 bits per heavy atom. The van der Waals surface area contributed by atoms with Crippen molar-refractivity contribution < 1.29 is 9.52 Å². The summed E-state index contributed by atoms with van der Waals surface area (Å²) in [6.45, 7) is 1.74. The summed E-state index contributed by atoms with van der Waals surface area (Å²) in [6.07, 6.45) is 0. The number of phenols is 1. The number of nitrogens with zero attached hydrogens (tertiary/aromatic N) is 2. The molecule has 0 aliphatic rings. The van der Waals surface area contributed by atoms with Crippen molar-refractivity contribution in [2.75, 3.05) is 5.73 Å². The van der Waals surface area contributed by atoms with E-state index in [1.54, 1.807) is 25.1 Å². The summed E-state index contributed by atoms with van der Waals surface area (Å²) in [6, 6.07) is 14.0. The number of fused-ring (bicyclic) bond motifs is 1. The van der Waals surface area contributed by atoms with E-state index < -0.39 is 5.63 Å². The van der Waals surface area contributed by atoms with Crippen LogP contribution in [0.5, 0.6) is 5.75 Å². The van der Waals surface area contributed by atoms with Gasteiger partial charge in [0.15, 0.2) is 0 Å². The zero-order chi connectivity index (χ0) is 19.1. The van der Waals surface area contributed by atoms with Crippen LogP contribution < -0.4 is 11.4 Å². The second kappa shape index (κ2) is 6.51. The van der Waals surface area contributed by atoms with Crippen molar-refractivity contribution in [3.63, 3.8) is 0 Å². The van der Waals surface area contributed by atoms with Crippen LogP contribution in [-0.2, 0) is 0 Å². The fraction of sp³-hybridized carbons (Fsp3) is 0.0500. The van der Waals surface area contributed by atoms with E-state index in [1.165, 1.54) is 6.07 Å². The molecule has 27 heavy (non-hydrogen) atoms. The minimum Gasteiger partial charge on any atom is -0.506 e. The number of aryl methyl sites for hydroxylation is 1. The fourth-order valence-electron chi connectivity index (χ4n) is 3.00. The van der Waals surface area contributed by atoms with Gasteiger partial charge in [0, 0.05) is 21.7 Å². The van der Waals surface area contributed by atoms with Crippen LogP contribution >= 0.6 is 15.9 Å². The van der Waals surface area contributed by atoms with E-state index in [-0.39, 0.29) is 11.7 Å². The molecular weight excluding hydrogens is 410 g/mol. The van der Waals surface area contributed by atoms with Gasteiger partial charge in [0.1, 0.15) is 11.3 Å². The van der Waals surface area contributed by atoms with Crippen LogP contribution in [0.25, 0.3) is 33.5 Å². The SMILES string of the molecule is Cc1cc(=O)oc2ccc(-c3cc(-c4ccc(Br)cc4)nc(N)n3)c(O)c12. The van der Waals surface area contributed by atoms with E-state index in [4.69, 9.17) is 10.2 Å². The van der Waals surface area contributed by atoms with Gasteiger partial charge in [-0.05, 0) is 42.8 Å². The monoisotopic (exact) mass is 423 g/mol. The van der Waals surface area contributed by atoms with Crippen LogP contribution in [0.1, 0.15) is 5.56 Å². The maximum Gasteiger partial charge on any atom is 0.336 e. The summed E-state index contributed by atoms with van der Waals surface area (Å²) in [7, 11) is 0. The van der Waals surface area contributed by atoms with Crippen LogP contribution in [0.2, 0.25) is 0 Å². The molecule has 0 aliphatic heterocycles. The number of aromatic hydroxyl groups is 1. The molecule has 4 rings (SSSR count). The largest absolute Gasteiger partial charge is 0.506 e. The van der Waals surface area contributed by atoms with Crippen molar-refractivity contribution in [1.29, 1.82) is 0 Å². The number of benzene rings is 2. The van der Waals surface area contributed by atoms with Crippen molar-refractivity contribution in [3.05, 3.63) is 69.0 Å². The maximum atomic E-state index is 11.6. The number of rotatable bonds is 2. The quantitative estimate of drug-likeness (QED) is 0.466. The highest BCUT2D eigenvalue weighted by molar-refractivity contribution is 9.10. The molecule has 0 saturated carbocycles. The van der Waals surface area contributed by atoms with Gasteiger partial charge in [-0.25, -0.2) is 14.8 Å². The maximum absolute atomic E-state index is 11.6. The molecule has 134 valence electrons. The molecule has 0 saturated heterocycles. The predicted molar refractivity (Wildman–Crippen MR) is 107 cm³/mol. The van der Waals surface area contributed by atoms with Gasteiger partial charge in [0.25, 0.3) is 0 Å². The molecule has 2 aromatic heterocycles. The van der Waals surface area contributed by atoms with Gasteiger partial charge in [-0.3, -0.25) is 0 Å². The molecule has 0 atom stereocenters. The fourth-order valence-corrected chi connectivity index (χ4v) is 3.27. The molecule has 0 unspecified atom stereocenters. The van der Waals surface area contributed by atoms with Crippen LogP contribution in [0.4, 0.5) is 5.95 Å². The molecule has 2 heterocycles. The summed E-state index contributed by atoms with van der Waals surface area (Å²) in [5, 5.41) is 11.3. The molecule has 0 fully saturated rings. The first kappa shape index (κ1) is 17.2. The van der Waals surface area contributed by atoms with E-state index >= 15 is 0 Å². The molecule has 6 nitrogen and oxygen atoms in total. The second-order valence-corrected chi connectivity index (χ2v) is 7.00. The first-order valence-electron chi connectivity index (χ1n) is 8.09. The van der Waals surface area contributed by atoms with Crippen molar-refractivity contribution in [3.8, 4) is 28.3 Å².